The van der Waals surface area contributed by atoms with Crippen molar-refractivity contribution in [2.24, 2.45) is 5.73 Å². The largest absolute Gasteiger partial charge is 0.377 e. The van der Waals surface area contributed by atoms with E-state index in [0.29, 0.717) is 0 Å². The van der Waals surface area contributed by atoms with Crippen LogP contribution in [0.5, 0.6) is 0 Å². The van der Waals surface area contributed by atoms with E-state index in [-0.39, 0.29) is 12.1 Å². The van der Waals surface area contributed by atoms with Crippen LogP contribution in [0.2, 0.25) is 0 Å². The van der Waals surface area contributed by atoms with Crippen molar-refractivity contribution in [3.63, 3.8) is 0 Å². The molecule has 0 aliphatic heterocycles. The van der Waals surface area contributed by atoms with Crippen LogP contribution < -0.4 is 5.73 Å². The molecule has 16 heavy (non-hydrogen) atoms. The van der Waals surface area contributed by atoms with E-state index in [0.717, 1.165) is 25.9 Å². The van der Waals surface area contributed by atoms with Gasteiger partial charge in [-0.15, -0.1) is 0 Å². The maximum atomic E-state index is 6.08. The minimum absolute atomic E-state index is 0.227. The highest BCUT2D eigenvalue weighted by molar-refractivity contribution is 4.71. The lowest BCUT2D eigenvalue weighted by Crippen LogP contribution is -2.36. The minimum Gasteiger partial charge on any atom is -0.377 e. The molecule has 2 nitrogen and oxygen atoms in total. The molecular formula is C14H31NO. The molecule has 0 aliphatic rings. The zero-order valence-electron chi connectivity index (χ0n) is 11.5. The predicted octanol–water partition coefficient (Wildman–Crippen LogP) is 3.88. The quantitative estimate of drug-likeness (QED) is 0.546. The molecular weight excluding hydrogens is 198 g/mol. The lowest BCUT2D eigenvalue weighted by Gasteiger charge is -2.22. The maximum absolute atomic E-state index is 6.08. The van der Waals surface area contributed by atoms with E-state index < -0.39 is 0 Å². The molecule has 0 fully saturated rings. The third-order valence-electron chi connectivity index (χ3n) is 3.08. The van der Waals surface area contributed by atoms with Crippen LogP contribution in [0.3, 0.4) is 0 Å². The summed E-state index contributed by atoms with van der Waals surface area (Å²) in [6.07, 6.45) is 10.0. The van der Waals surface area contributed by atoms with Crippen molar-refractivity contribution < 1.29 is 4.74 Å². The molecule has 0 bridgehead atoms. The number of ether oxygens (including phenoxy) is 1. The Labute approximate surface area is 102 Å². The summed E-state index contributed by atoms with van der Waals surface area (Å²) in [5, 5.41) is 0. The first-order valence-corrected chi connectivity index (χ1v) is 7.13. The van der Waals surface area contributed by atoms with Gasteiger partial charge in [0.05, 0.1) is 6.10 Å². The fourth-order valence-electron chi connectivity index (χ4n) is 2.00. The molecule has 0 aromatic rings. The average Bonchev–Trinajstić information content (AvgIpc) is 2.28. The Morgan fingerprint density at radius 2 is 1.62 bits per heavy atom. The molecule has 0 radical (unpaired) electrons. The van der Waals surface area contributed by atoms with E-state index in [1.807, 2.05) is 0 Å². The Bertz CT molecular complexity index is 139. The summed E-state index contributed by atoms with van der Waals surface area (Å²) in [4.78, 5) is 0. The molecule has 2 N–H and O–H groups in total. The van der Waals surface area contributed by atoms with E-state index >= 15 is 0 Å². The van der Waals surface area contributed by atoms with E-state index in [9.17, 15) is 0 Å². The lowest BCUT2D eigenvalue weighted by molar-refractivity contribution is 0.0287. The smallest absolute Gasteiger partial charge is 0.0723 e. The molecule has 2 unspecified atom stereocenters. The molecule has 0 spiro atoms. The van der Waals surface area contributed by atoms with E-state index in [4.69, 9.17) is 10.5 Å². The highest BCUT2D eigenvalue weighted by atomic mass is 16.5. The molecule has 98 valence electrons. The average molecular weight is 229 g/mol. The van der Waals surface area contributed by atoms with Crippen LogP contribution in [0, 0.1) is 0 Å². The summed E-state index contributed by atoms with van der Waals surface area (Å²) in [5.41, 5.74) is 6.08. The summed E-state index contributed by atoms with van der Waals surface area (Å²) in [5.74, 6) is 0. The monoisotopic (exact) mass is 229 g/mol. The molecule has 0 amide bonds. The highest BCUT2D eigenvalue weighted by Gasteiger charge is 2.14. The van der Waals surface area contributed by atoms with Gasteiger partial charge in [0.25, 0.3) is 0 Å². The van der Waals surface area contributed by atoms with Crippen LogP contribution in [0.25, 0.3) is 0 Å². The Morgan fingerprint density at radius 3 is 2.19 bits per heavy atom. The van der Waals surface area contributed by atoms with Gasteiger partial charge in [-0.2, -0.15) is 0 Å². The van der Waals surface area contributed by atoms with Gasteiger partial charge in [-0.05, 0) is 19.3 Å². The lowest BCUT2D eigenvalue weighted by atomic mass is 10.0. The summed E-state index contributed by atoms with van der Waals surface area (Å²) < 4.78 is 5.86. The molecule has 0 aromatic heterocycles. The molecule has 0 saturated heterocycles. The second kappa shape index (κ2) is 11.4. The third-order valence-corrected chi connectivity index (χ3v) is 3.08. The second-order valence-corrected chi connectivity index (χ2v) is 4.68. The van der Waals surface area contributed by atoms with Crippen LogP contribution in [0.15, 0.2) is 0 Å². The van der Waals surface area contributed by atoms with Gasteiger partial charge in [0.1, 0.15) is 0 Å². The van der Waals surface area contributed by atoms with E-state index in [1.165, 1.54) is 32.1 Å². The van der Waals surface area contributed by atoms with E-state index in [1.54, 1.807) is 0 Å². The molecule has 0 rings (SSSR count). The molecule has 0 aliphatic carbocycles. The minimum atomic E-state index is 0.227. The van der Waals surface area contributed by atoms with Crippen molar-refractivity contribution >= 4 is 0 Å². The SMILES string of the molecule is CCCCCCCOC(CC)C(N)CCC. The summed E-state index contributed by atoms with van der Waals surface area (Å²) in [6.45, 7) is 7.47. The zero-order valence-corrected chi connectivity index (χ0v) is 11.5. The van der Waals surface area contributed by atoms with E-state index in [2.05, 4.69) is 20.8 Å². The third kappa shape index (κ3) is 8.12. The van der Waals surface area contributed by atoms with Gasteiger partial charge in [0.2, 0.25) is 0 Å². The molecule has 0 saturated carbocycles. The van der Waals surface area contributed by atoms with Crippen molar-refractivity contribution in [3.8, 4) is 0 Å². The number of nitrogens with two attached hydrogens (primary N) is 1. The van der Waals surface area contributed by atoms with Crippen molar-refractivity contribution in [1.82, 2.24) is 0 Å². The van der Waals surface area contributed by atoms with Gasteiger partial charge in [0.15, 0.2) is 0 Å². The van der Waals surface area contributed by atoms with Gasteiger partial charge in [-0.25, -0.2) is 0 Å². The second-order valence-electron chi connectivity index (χ2n) is 4.68. The van der Waals surface area contributed by atoms with Crippen LogP contribution in [0.1, 0.15) is 72.1 Å². The van der Waals surface area contributed by atoms with Crippen molar-refractivity contribution in [2.45, 2.75) is 84.3 Å². The maximum Gasteiger partial charge on any atom is 0.0723 e. The molecule has 2 atom stereocenters. The predicted molar refractivity (Wildman–Crippen MR) is 71.7 cm³/mol. The van der Waals surface area contributed by atoms with Crippen LogP contribution in [0.4, 0.5) is 0 Å². The normalized spacial score (nSPS) is 15.0. The molecule has 0 heterocycles. The van der Waals surface area contributed by atoms with Gasteiger partial charge in [-0.3, -0.25) is 0 Å². The highest BCUT2D eigenvalue weighted by Crippen LogP contribution is 2.10. The van der Waals surface area contributed by atoms with Gasteiger partial charge >= 0.3 is 0 Å². The van der Waals surface area contributed by atoms with Gasteiger partial charge < -0.3 is 10.5 Å². The van der Waals surface area contributed by atoms with Gasteiger partial charge in [-0.1, -0.05) is 52.9 Å². The first kappa shape index (κ1) is 15.9. The fraction of sp³-hybridized carbons (Fsp3) is 1.00. The molecule has 2 heteroatoms. The first-order valence-electron chi connectivity index (χ1n) is 7.13. The standard InChI is InChI=1S/C14H31NO/c1-4-7-8-9-10-12-16-14(6-3)13(15)11-5-2/h13-14H,4-12,15H2,1-3H3. The Kier molecular flexibility index (Phi) is 11.3. The van der Waals surface area contributed by atoms with Crippen LogP contribution in [-0.2, 0) is 4.74 Å². The molecule has 0 aromatic carbocycles. The van der Waals surface area contributed by atoms with Crippen molar-refractivity contribution in [3.05, 3.63) is 0 Å². The van der Waals surface area contributed by atoms with Crippen molar-refractivity contribution in [2.75, 3.05) is 6.61 Å². The number of rotatable bonds is 11. The first-order chi connectivity index (χ1) is 7.76. The Hall–Kier alpha value is -0.0800. The number of hydrogen-bond donors (Lipinski definition) is 1. The fourth-order valence-corrected chi connectivity index (χ4v) is 2.00. The zero-order chi connectivity index (χ0) is 12.2. The van der Waals surface area contributed by atoms with Crippen molar-refractivity contribution in [1.29, 1.82) is 0 Å². The van der Waals surface area contributed by atoms with Gasteiger partial charge in [0, 0.05) is 12.6 Å². The summed E-state index contributed by atoms with van der Waals surface area (Å²) in [7, 11) is 0. The number of hydrogen-bond acceptors (Lipinski definition) is 2. The summed E-state index contributed by atoms with van der Waals surface area (Å²) >= 11 is 0. The van der Waals surface area contributed by atoms with Crippen LogP contribution >= 0.6 is 0 Å². The summed E-state index contributed by atoms with van der Waals surface area (Å²) in [6, 6.07) is 0.227. The topological polar surface area (TPSA) is 35.2 Å². The Morgan fingerprint density at radius 1 is 0.938 bits per heavy atom. The van der Waals surface area contributed by atoms with Crippen LogP contribution in [-0.4, -0.2) is 18.8 Å². The number of unbranched alkanes of at least 4 members (excludes halogenated alkanes) is 4. The Balaban J connectivity index is 3.47.